The van der Waals surface area contributed by atoms with Gasteiger partial charge in [0.1, 0.15) is 23.7 Å². The van der Waals surface area contributed by atoms with E-state index in [2.05, 4.69) is 10.5 Å². The molecular weight excluding hydrogens is 450 g/mol. The summed E-state index contributed by atoms with van der Waals surface area (Å²) in [4.78, 5) is 25.4. The Labute approximate surface area is 204 Å². The number of nitrogens with zero attached hydrogens (tertiary/aromatic N) is 2. The summed E-state index contributed by atoms with van der Waals surface area (Å²) in [7, 11) is 1.29. The highest BCUT2D eigenvalue weighted by molar-refractivity contribution is 5.86. The zero-order valence-electron chi connectivity index (χ0n) is 20.4. The van der Waals surface area contributed by atoms with Gasteiger partial charge in [-0.25, -0.2) is 14.5 Å². The van der Waals surface area contributed by atoms with Crippen molar-refractivity contribution in [1.29, 1.82) is 0 Å². The second kappa shape index (κ2) is 11.9. The molecule has 9 nitrogen and oxygen atoms in total. The molecule has 186 valence electrons. The van der Waals surface area contributed by atoms with E-state index in [-0.39, 0.29) is 12.4 Å². The van der Waals surface area contributed by atoms with Gasteiger partial charge in [-0.15, -0.1) is 0 Å². The highest BCUT2D eigenvalue weighted by atomic mass is 16.6. The number of alkyl carbamates (subject to hydrolysis) is 1. The zero-order valence-corrected chi connectivity index (χ0v) is 20.4. The number of methoxy groups -OCH3 is 1. The van der Waals surface area contributed by atoms with Crippen molar-refractivity contribution in [2.75, 3.05) is 25.1 Å². The summed E-state index contributed by atoms with van der Waals surface area (Å²) in [5.74, 6) is 0.975. The summed E-state index contributed by atoms with van der Waals surface area (Å²) in [6, 6.07) is 19.0. The van der Waals surface area contributed by atoms with Crippen molar-refractivity contribution in [3.63, 3.8) is 0 Å². The van der Waals surface area contributed by atoms with E-state index < -0.39 is 17.8 Å². The van der Waals surface area contributed by atoms with Crippen LogP contribution in [-0.4, -0.2) is 43.1 Å². The minimum absolute atomic E-state index is 0.244. The second-order valence-corrected chi connectivity index (χ2v) is 8.75. The van der Waals surface area contributed by atoms with Crippen molar-refractivity contribution in [2.45, 2.75) is 39.4 Å². The van der Waals surface area contributed by atoms with Crippen LogP contribution in [0.5, 0.6) is 5.75 Å². The average Bonchev–Trinajstić information content (AvgIpc) is 3.32. The van der Waals surface area contributed by atoms with Crippen LogP contribution < -0.4 is 15.0 Å². The molecule has 9 heteroatoms. The molecule has 1 aromatic heterocycles. The lowest BCUT2D eigenvalue weighted by molar-refractivity contribution is 0.0527. The summed E-state index contributed by atoms with van der Waals surface area (Å²) in [6.07, 6.45) is -0.646. The van der Waals surface area contributed by atoms with Gasteiger partial charge in [-0.1, -0.05) is 35.5 Å². The molecule has 3 aromatic rings. The molecular formula is C26H31N3O6. The van der Waals surface area contributed by atoms with Gasteiger partial charge < -0.3 is 24.1 Å². The number of ether oxygens (including phenoxy) is 3. The van der Waals surface area contributed by atoms with Gasteiger partial charge >= 0.3 is 12.2 Å². The van der Waals surface area contributed by atoms with Gasteiger partial charge in [0, 0.05) is 24.7 Å². The minimum atomic E-state index is -0.588. The van der Waals surface area contributed by atoms with E-state index in [1.165, 1.54) is 12.0 Å². The van der Waals surface area contributed by atoms with Gasteiger partial charge in [0.15, 0.2) is 0 Å². The van der Waals surface area contributed by atoms with E-state index in [1.54, 1.807) is 26.8 Å². The normalized spacial score (nSPS) is 11.0. The maximum Gasteiger partial charge on any atom is 0.416 e. The van der Waals surface area contributed by atoms with Crippen molar-refractivity contribution in [1.82, 2.24) is 10.5 Å². The predicted molar refractivity (Wildman–Crippen MR) is 131 cm³/mol. The van der Waals surface area contributed by atoms with Crippen molar-refractivity contribution in [3.8, 4) is 17.0 Å². The molecule has 1 N–H and O–H groups in total. The number of carbonyl (C=O) groups excluding carboxylic acids is 2. The van der Waals surface area contributed by atoms with E-state index in [4.69, 9.17) is 18.7 Å². The fourth-order valence-electron chi connectivity index (χ4n) is 3.14. The number of nitrogens with one attached hydrogen (secondary N) is 1. The molecule has 2 aromatic carbocycles. The quantitative estimate of drug-likeness (QED) is 0.408. The van der Waals surface area contributed by atoms with Gasteiger partial charge in [0.25, 0.3) is 0 Å². The summed E-state index contributed by atoms with van der Waals surface area (Å²) in [6.45, 7) is 6.41. The van der Waals surface area contributed by atoms with Crippen LogP contribution in [0.25, 0.3) is 11.3 Å². The molecule has 0 unspecified atom stereocenters. The van der Waals surface area contributed by atoms with Crippen molar-refractivity contribution >= 4 is 18.1 Å². The Kier molecular flexibility index (Phi) is 8.72. The van der Waals surface area contributed by atoms with Crippen LogP contribution in [0.15, 0.2) is 65.2 Å². The lowest BCUT2D eigenvalue weighted by Crippen LogP contribution is -2.36. The first-order valence-corrected chi connectivity index (χ1v) is 11.3. The lowest BCUT2D eigenvalue weighted by atomic mass is 10.1. The van der Waals surface area contributed by atoms with Gasteiger partial charge in [-0.05, 0) is 57.0 Å². The summed E-state index contributed by atoms with van der Waals surface area (Å²) in [5.41, 5.74) is 1.88. The second-order valence-electron chi connectivity index (χ2n) is 8.75. The molecule has 0 saturated heterocycles. The third-order valence-corrected chi connectivity index (χ3v) is 4.78. The highest BCUT2D eigenvalue weighted by Crippen LogP contribution is 2.26. The molecule has 0 radical (unpaired) electrons. The maximum atomic E-state index is 12.3. The molecule has 0 aliphatic carbocycles. The maximum absolute atomic E-state index is 12.3. The van der Waals surface area contributed by atoms with Crippen molar-refractivity contribution < 1.29 is 28.3 Å². The molecule has 0 atom stereocenters. The number of carbonyl (C=O) groups is 2. The van der Waals surface area contributed by atoms with Crippen LogP contribution in [0, 0.1) is 0 Å². The van der Waals surface area contributed by atoms with Crippen LogP contribution in [0.3, 0.4) is 0 Å². The topological polar surface area (TPSA) is 103 Å². The van der Waals surface area contributed by atoms with Crippen LogP contribution in [0.4, 0.5) is 15.5 Å². The zero-order chi connectivity index (χ0) is 25.3. The first kappa shape index (κ1) is 25.6. The van der Waals surface area contributed by atoms with Gasteiger partial charge in [-0.3, -0.25) is 0 Å². The molecule has 0 fully saturated rings. The Morgan fingerprint density at radius 1 is 1.06 bits per heavy atom. The Hall–Kier alpha value is -4.01. The summed E-state index contributed by atoms with van der Waals surface area (Å²) < 4.78 is 21.3. The third-order valence-electron chi connectivity index (χ3n) is 4.78. The van der Waals surface area contributed by atoms with Gasteiger partial charge in [0.2, 0.25) is 5.88 Å². The number of anilines is 1. The molecule has 0 spiro atoms. The van der Waals surface area contributed by atoms with E-state index in [1.807, 2.05) is 54.6 Å². The first-order chi connectivity index (χ1) is 16.7. The summed E-state index contributed by atoms with van der Waals surface area (Å²) in [5, 5.41) is 6.75. The predicted octanol–water partition coefficient (Wildman–Crippen LogP) is 5.41. The number of aromatic nitrogens is 1. The number of benzene rings is 2. The summed E-state index contributed by atoms with van der Waals surface area (Å²) >= 11 is 0. The number of amides is 2. The van der Waals surface area contributed by atoms with Gasteiger partial charge in [-0.2, -0.15) is 0 Å². The molecule has 35 heavy (non-hydrogen) atoms. The average molecular weight is 482 g/mol. The van der Waals surface area contributed by atoms with E-state index in [0.717, 1.165) is 16.9 Å². The molecule has 3 rings (SSSR count). The van der Waals surface area contributed by atoms with E-state index in [0.29, 0.717) is 25.3 Å². The molecule has 0 aliphatic heterocycles. The smallest absolute Gasteiger partial charge is 0.416 e. The van der Waals surface area contributed by atoms with Crippen LogP contribution in [0.2, 0.25) is 0 Å². The van der Waals surface area contributed by atoms with E-state index in [9.17, 15) is 9.59 Å². The highest BCUT2D eigenvalue weighted by Gasteiger charge is 2.22. The Bertz CT molecular complexity index is 1090. The molecule has 2 amide bonds. The van der Waals surface area contributed by atoms with Crippen molar-refractivity contribution in [3.05, 3.63) is 66.2 Å². The van der Waals surface area contributed by atoms with Crippen LogP contribution >= 0.6 is 0 Å². The van der Waals surface area contributed by atoms with E-state index >= 15 is 0 Å². The fraction of sp³-hybridized carbons (Fsp3) is 0.346. The molecule has 0 saturated carbocycles. The number of hydrogen-bond acceptors (Lipinski definition) is 7. The van der Waals surface area contributed by atoms with Gasteiger partial charge in [0.05, 0.1) is 7.11 Å². The monoisotopic (exact) mass is 481 g/mol. The Morgan fingerprint density at radius 3 is 2.43 bits per heavy atom. The first-order valence-electron chi connectivity index (χ1n) is 11.3. The molecule has 1 heterocycles. The Balaban J connectivity index is 1.57. The van der Waals surface area contributed by atoms with Crippen LogP contribution in [-0.2, 0) is 16.1 Å². The third kappa shape index (κ3) is 8.06. The SMILES string of the molecule is COC(=O)N(CCCNC(=O)OC(C)(C)C)c1cc(-c2ccc(OCc3ccccc3)cc2)no1. The number of hydrogen-bond donors (Lipinski definition) is 1. The molecule has 0 aliphatic rings. The number of rotatable bonds is 9. The minimum Gasteiger partial charge on any atom is -0.489 e. The van der Waals surface area contributed by atoms with Crippen LogP contribution in [0.1, 0.15) is 32.8 Å². The van der Waals surface area contributed by atoms with Crippen molar-refractivity contribution in [2.24, 2.45) is 0 Å². The largest absolute Gasteiger partial charge is 0.489 e. The lowest BCUT2D eigenvalue weighted by Gasteiger charge is -2.20. The molecule has 0 bridgehead atoms. The standard InChI is InChI=1S/C26H31N3O6/c1-26(2,3)34-24(30)27-15-8-16-29(25(31)32-4)23-17-22(28-35-23)20-11-13-21(14-12-20)33-18-19-9-6-5-7-10-19/h5-7,9-14,17H,8,15-16,18H2,1-4H3,(H,27,30). The Morgan fingerprint density at radius 2 is 1.77 bits per heavy atom. The fourth-order valence-corrected chi connectivity index (χ4v) is 3.14.